The summed E-state index contributed by atoms with van der Waals surface area (Å²) in [4.78, 5) is 14.7. The number of aromatic nitrogens is 4. The number of carbonyl (C=O) groups is 1. The second kappa shape index (κ2) is 7.81. The molecule has 0 saturated heterocycles. The van der Waals surface area contributed by atoms with E-state index in [1.54, 1.807) is 4.68 Å². The molecule has 0 spiro atoms. The van der Waals surface area contributed by atoms with Crippen molar-refractivity contribution in [3.63, 3.8) is 0 Å². The summed E-state index contributed by atoms with van der Waals surface area (Å²) in [6.45, 7) is 0.831. The van der Waals surface area contributed by atoms with E-state index in [4.69, 9.17) is 0 Å². The van der Waals surface area contributed by atoms with Gasteiger partial charge in [-0.15, -0.1) is 10.2 Å². The molecule has 0 fully saturated rings. The van der Waals surface area contributed by atoms with Crippen LogP contribution in [0.4, 0.5) is 5.82 Å². The number of hydrogen-bond acceptors (Lipinski definition) is 5. The Kier molecular flexibility index (Phi) is 5.05. The standard InChI is InChI=1S/C22H22N6O/c1-27(2)13-15-4-6-16(7-5-15)22(29)24-21-11-18-10-17(8-9-20(18)25-26-21)19-12-23-28(3)14-19/h4-12,14H,13H2,1-3H3,(H,24,26,29). The summed E-state index contributed by atoms with van der Waals surface area (Å²) in [5, 5.41) is 16.3. The number of fused-ring (bicyclic) bond motifs is 1. The molecule has 2 aromatic carbocycles. The molecular weight excluding hydrogens is 364 g/mol. The zero-order valence-corrected chi connectivity index (χ0v) is 16.6. The lowest BCUT2D eigenvalue weighted by molar-refractivity contribution is 0.102. The van der Waals surface area contributed by atoms with E-state index in [9.17, 15) is 4.79 Å². The van der Waals surface area contributed by atoms with E-state index in [1.807, 2.05) is 82.1 Å². The molecule has 0 bridgehead atoms. The smallest absolute Gasteiger partial charge is 0.256 e. The molecule has 1 N–H and O–H groups in total. The van der Waals surface area contributed by atoms with Gasteiger partial charge in [0.15, 0.2) is 5.82 Å². The summed E-state index contributed by atoms with van der Waals surface area (Å²) in [6.07, 6.45) is 3.77. The van der Waals surface area contributed by atoms with Gasteiger partial charge in [-0.3, -0.25) is 9.48 Å². The molecule has 0 atom stereocenters. The maximum absolute atomic E-state index is 12.6. The largest absolute Gasteiger partial charge is 0.305 e. The van der Waals surface area contributed by atoms with Crippen LogP contribution in [0.15, 0.2) is 60.9 Å². The summed E-state index contributed by atoms with van der Waals surface area (Å²) in [6, 6.07) is 15.3. The van der Waals surface area contributed by atoms with E-state index >= 15 is 0 Å². The van der Waals surface area contributed by atoms with Gasteiger partial charge in [-0.1, -0.05) is 18.2 Å². The van der Waals surface area contributed by atoms with Crippen LogP contribution in [-0.4, -0.2) is 44.9 Å². The lowest BCUT2D eigenvalue weighted by atomic mass is 10.1. The number of nitrogens with zero attached hydrogens (tertiary/aromatic N) is 5. The fourth-order valence-corrected chi connectivity index (χ4v) is 3.17. The van der Waals surface area contributed by atoms with Gasteiger partial charge < -0.3 is 10.2 Å². The molecule has 1 amide bonds. The van der Waals surface area contributed by atoms with E-state index in [2.05, 4.69) is 25.5 Å². The molecule has 7 heteroatoms. The minimum atomic E-state index is -0.210. The molecule has 0 aliphatic heterocycles. The third-order valence-electron chi connectivity index (χ3n) is 4.58. The van der Waals surface area contributed by atoms with E-state index in [0.29, 0.717) is 11.4 Å². The third-order valence-corrected chi connectivity index (χ3v) is 4.58. The molecule has 2 heterocycles. The molecule has 0 aliphatic carbocycles. The normalized spacial score (nSPS) is 11.2. The minimum Gasteiger partial charge on any atom is -0.305 e. The monoisotopic (exact) mass is 386 g/mol. The second-order valence-corrected chi connectivity index (χ2v) is 7.29. The maximum atomic E-state index is 12.6. The van der Waals surface area contributed by atoms with E-state index in [0.717, 1.165) is 34.1 Å². The summed E-state index contributed by atoms with van der Waals surface area (Å²) in [5.74, 6) is 0.210. The number of amides is 1. The lowest BCUT2D eigenvalue weighted by Crippen LogP contribution is -2.14. The minimum absolute atomic E-state index is 0.210. The van der Waals surface area contributed by atoms with Gasteiger partial charge in [0.1, 0.15) is 0 Å². The van der Waals surface area contributed by atoms with Crippen molar-refractivity contribution in [1.29, 1.82) is 0 Å². The third kappa shape index (κ3) is 4.30. The summed E-state index contributed by atoms with van der Waals surface area (Å²) < 4.78 is 1.76. The van der Waals surface area contributed by atoms with E-state index in [-0.39, 0.29) is 5.91 Å². The average Bonchev–Trinajstić information content (AvgIpc) is 3.14. The fraction of sp³-hybridized carbons (Fsp3) is 0.182. The number of aryl methyl sites for hydroxylation is 1. The van der Waals surface area contributed by atoms with Crippen molar-refractivity contribution < 1.29 is 4.79 Å². The van der Waals surface area contributed by atoms with Crippen LogP contribution in [0.2, 0.25) is 0 Å². The molecule has 4 rings (SSSR count). The van der Waals surface area contributed by atoms with Crippen molar-refractivity contribution in [2.24, 2.45) is 7.05 Å². The summed E-state index contributed by atoms with van der Waals surface area (Å²) >= 11 is 0. The molecule has 2 aromatic heterocycles. The summed E-state index contributed by atoms with van der Waals surface area (Å²) in [7, 11) is 5.91. The summed E-state index contributed by atoms with van der Waals surface area (Å²) in [5.41, 5.74) is 4.56. The number of hydrogen-bond donors (Lipinski definition) is 1. The first-order valence-electron chi connectivity index (χ1n) is 9.29. The van der Waals surface area contributed by atoms with Crippen molar-refractivity contribution in [2.45, 2.75) is 6.54 Å². The predicted octanol–water partition coefficient (Wildman–Crippen LogP) is 3.34. The Balaban J connectivity index is 1.55. The topological polar surface area (TPSA) is 75.9 Å². The first-order valence-corrected chi connectivity index (χ1v) is 9.29. The predicted molar refractivity (Wildman–Crippen MR) is 114 cm³/mol. The highest BCUT2D eigenvalue weighted by Crippen LogP contribution is 2.24. The quantitative estimate of drug-likeness (QED) is 0.569. The van der Waals surface area contributed by atoms with Crippen molar-refractivity contribution in [3.05, 3.63) is 72.1 Å². The van der Waals surface area contributed by atoms with E-state index < -0.39 is 0 Å². The Hall–Kier alpha value is -3.58. The number of nitrogens with one attached hydrogen (secondary N) is 1. The van der Waals surface area contributed by atoms with Crippen molar-refractivity contribution >= 4 is 22.6 Å². The zero-order chi connectivity index (χ0) is 20.4. The Morgan fingerprint density at radius 1 is 1.03 bits per heavy atom. The SMILES string of the molecule is CN(C)Cc1ccc(C(=O)Nc2cc3cc(-c4cnn(C)c4)ccc3nn2)cc1. The van der Waals surface area contributed by atoms with Crippen LogP contribution < -0.4 is 5.32 Å². The molecule has 0 unspecified atom stereocenters. The molecule has 146 valence electrons. The van der Waals surface area contributed by atoms with Crippen LogP contribution in [0.3, 0.4) is 0 Å². The van der Waals surface area contributed by atoms with Gasteiger partial charge in [-0.05, 0) is 55.6 Å². The highest BCUT2D eigenvalue weighted by Gasteiger charge is 2.09. The lowest BCUT2D eigenvalue weighted by Gasteiger charge is -2.10. The van der Waals surface area contributed by atoms with Crippen LogP contribution in [-0.2, 0) is 13.6 Å². The van der Waals surface area contributed by atoms with Crippen molar-refractivity contribution in [2.75, 3.05) is 19.4 Å². The van der Waals surface area contributed by atoms with Gasteiger partial charge in [-0.25, -0.2) is 0 Å². The van der Waals surface area contributed by atoms with Crippen LogP contribution in [0.5, 0.6) is 0 Å². The van der Waals surface area contributed by atoms with Crippen LogP contribution in [0, 0.1) is 0 Å². The van der Waals surface area contributed by atoms with Gasteiger partial charge >= 0.3 is 0 Å². The Morgan fingerprint density at radius 3 is 2.52 bits per heavy atom. The Labute approximate surface area is 169 Å². The van der Waals surface area contributed by atoms with Gasteiger partial charge in [0.2, 0.25) is 0 Å². The fourth-order valence-electron chi connectivity index (χ4n) is 3.17. The molecule has 7 nitrogen and oxygen atoms in total. The molecule has 0 saturated carbocycles. The highest BCUT2D eigenvalue weighted by atomic mass is 16.1. The van der Waals surface area contributed by atoms with Gasteiger partial charge in [0, 0.05) is 36.3 Å². The van der Waals surface area contributed by atoms with Crippen molar-refractivity contribution in [3.8, 4) is 11.1 Å². The van der Waals surface area contributed by atoms with Crippen LogP contribution >= 0.6 is 0 Å². The molecule has 0 radical (unpaired) electrons. The zero-order valence-electron chi connectivity index (χ0n) is 16.6. The van der Waals surface area contributed by atoms with Gasteiger partial charge in [0.05, 0.1) is 11.7 Å². The van der Waals surface area contributed by atoms with Crippen molar-refractivity contribution in [1.82, 2.24) is 24.9 Å². The van der Waals surface area contributed by atoms with E-state index in [1.165, 1.54) is 0 Å². The Morgan fingerprint density at radius 2 is 1.83 bits per heavy atom. The number of carbonyl (C=O) groups excluding carboxylic acids is 1. The van der Waals surface area contributed by atoms with Gasteiger partial charge in [0.25, 0.3) is 5.91 Å². The highest BCUT2D eigenvalue weighted by molar-refractivity contribution is 6.04. The average molecular weight is 386 g/mol. The number of anilines is 1. The first-order chi connectivity index (χ1) is 14.0. The molecular formula is C22H22N6O. The van der Waals surface area contributed by atoms with Crippen LogP contribution in [0.25, 0.3) is 22.0 Å². The Bertz CT molecular complexity index is 1160. The molecule has 0 aliphatic rings. The molecule has 4 aromatic rings. The molecule has 29 heavy (non-hydrogen) atoms. The number of benzene rings is 2. The van der Waals surface area contributed by atoms with Gasteiger partial charge in [-0.2, -0.15) is 5.10 Å². The number of rotatable bonds is 5. The maximum Gasteiger partial charge on any atom is 0.256 e. The second-order valence-electron chi connectivity index (χ2n) is 7.29. The first kappa shape index (κ1) is 18.8. The van der Waals surface area contributed by atoms with Crippen LogP contribution in [0.1, 0.15) is 15.9 Å².